The molecule has 1 heterocycles. The summed E-state index contributed by atoms with van der Waals surface area (Å²) in [4.78, 5) is 14.4. The molecule has 1 saturated carbocycles. The Morgan fingerprint density at radius 1 is 1.28 bits per heavy atom. The van der Waals surface area contributed by atoms with Crippen LogP contribution in [0.2, 0.25) is 0 Å². The number of aromatic nitrogens is 4. The van der Waals surface area contributed by atoms with Crippen molar-refractivity contribution in [2.24, 2.45) is 0 Å². The van der Waals surface area contributed by atoms with E-state index in [4.69, 9.17) is 0 Å². The van der Waals surface area contributed by atoms with Crippen LogP contribution in [0.5, 0.6) is 0 Å². The van der Waals surface area contributed by atoms with Crippen molar-refractivity contribution in [3.63, 3.8) is 0 Å². The lowest BCUT2D eigenvalue weighted by Gasteiger charge is -2.31. The number of hydrogen-bond acceptors (Lipinski definition) is 5. The van der Waals surface area contributed by atoms with Crippen molar-refractivity contribution in [3.8, 4) is 5.69 Å². The molecule has 0 unspecified atom stereocenters. The van der Waals surface area contributed by atoms with Crippen molar-refractivity contribution in [3.05, 3.63) is 29.3 Å². The van der Waals surface area contributed by atoms with E-state index in [-0.39, 0.29) is 5.91 Å². The van der Waals surface area contributed by atoms with Crippen LogP contribution in [0.15, 0.2) is 23.4 Å². The van der Waals surface area contributed by atoms with Crippen LogP contribution in [-0.2, 0) is 4.79 Å². The fraction of sp³-hybridized carbons (Fsp3) is 0.556. The number of thioether (sulfide) groups is 1. The van der Waals surface area contributed by atoms with Gasteiger partial charge in [0.15, 0.2) is 0 Å². The fourth-order valence-corrected chi connectivity index (χ4v) is 4.08. The zero-order valence-electron chi connectivity index (χ0n) is 15.1. The molecule has 1 aromatic heterocycles. The first-order valence-corrected chi connectivity index (χ1v) is 9.79. The van der Waals surface area contributed by atoms with Gasteiger partial charge in [-0.3, -0.25) is 4.79 Å². The number of nitrogens with zero attached hydrogens (tertiary/aromatic N) is 5. The number of hydrogen-bond donors (Lipinski definition) is 0. The molecule has 1 aliphatic rings. The van der Waals surface area contributed by atoms with Gasteiger partial charge in [0.1, 0.15) is 0 Å². The Kier molecular flexibility index (Phi) is 5.73. The Labute approximate surface area is 153 Å². The van der Waals surface area contributed by atoms with E-state index in [0.29, 0.717) is 17.0 Å². The summed E-state index contributed by atoms with van der Waals surface area (Å²) in [5.41, 5.74) is 3.21. The van der Waals surface area contributed by atoms with Crippen LogP contribution < -0.4 is 0 Å². The first-order chi connectivity index (χ1) is 12.1. The molecule has 3 rings (SSSR count). The fourth-order valence-electron chi connectivity index (χ4n) is 3.27. The number of carbonyl (C=O) groups is 1. The summed E-state index contributed by atoms with van der Waals surface area (Å²) in [5, 5.41) is 12.7. The second kappa shape index (κ2) is 7.99. The first-order valence-electron chi connectivity index (χ1n) is 8.80. The highest BCUT2D eigenvalue weighted by Crippen LogP contribution is 2.24. The molecule has 25 heavy (non-hydrogen) atoms. The highest BCUT2D eigenvalue weighted by Gasteiger charge is 2.23. The van der Waals surface area contributed by atoms with Gasteiger partial charge in [-0.05, 0) is 54.3 Å². The quantitative estimate of drug-likeness (QED) is 0.767. The minimum absolute atomic E-state index is 0.146. The third kappa shape index (κ3) is 4.21. The van der Waals surface area contributed by atoms with Gasteiger partial charge in [-0.25, -0.2) is 0 Å². The van der Waals surface area contributed by atoms with Gasteiger partial charge in [0.25, 0.3) is 0 Å². The van der Waals surface area contributed by atoms with Crippen LogP contribution in [0.3, 0.4) is 0 Å². The summed E-state index contributed by atoms with van der Waals surface area (Å²) in [6, 6.07) is 6.57. The molecule has 0 bridgehead atoms. The normalized spacial score (nSPS) is 15.3. The van der Waals surface area contributed by atoms with Crippen LogP contribution >= 0.6 is 11.8 Å². The van der Waals surface area contributed by atoms with Gasteiger partial charge in [0, 0.05) is 13.1 Å². The average Bonchev–Trinajstić information content (AvgIpc) is 3.10. The molecule has 0 aliphatic heterocycles. The van der Waals surface area contributed by atoms with Crippen molar-refractivity contribution in [2.75, 3.05) is 12.8 Å². The summed E-state index contributed by atoms with van der Waals surface area (Å²) in [7, 11) is 1.92. The number of carbonyl (C=O) groups excluding carboxylic acids is 1. The number of aryl methyl sites for hydroxylation is 2. The van der Waals surface area contributed by atoms with Crippen LogP contribution in [-0.4, -0.2) is 49.9 Å². The molecule has 1 fully saturated rings. The molecule has 0 atom stereocenters. The summed E-state index contributed by atoms with van der Waals surface area (Å²) >= 11 is 1.40. The lowest BCUT2D eigenvalue weighted by Crippen LogP contribution is -2.39. The molecule has 7 heteroatoms. The van der Waals surface area contributed by atoms with Crippen molar-refractivity contribution in [1.29, 1.82) is 0 Å². The molecular formula is C18H25N5OS. The van der Waals surface area contributed by atoms with E-state index < -0.39 is 0 Å². The SMILES string of the molecule is Cc1ccc(C)c(-n2nnnc2SCC(=O)N(C)C2CCCCC2)c1. The van der Waals surface area contributed by atoms with Crippen molar-refractivity contribution in [2.45, 2.75) is 57.1 Å². The minimum atomic E-state index is 0.146. The Morgan fingerprint density at radius 3 is 2.80 bits per heavy atom. The lowest BCUT2D eigenvalue weighted by atomic mass is 9.94. The summed E-state index contributed by atoms with van der Waals surface area (Å²) in [5.74, 6) is 0.505. The van der Waals surface area contributed by atoms with Crippen LogP contribution in [0, 0.1) is 13.8 Å². The third-order valence-electron chi connectivity index (χ3n) is 4.87. The molecule has 0 saturated heterocycles. The monoisotopic (exact) mass is 359 g/mol. The third-order valence-corrected chi connectivity index (χ3v) is 5.78. The molecule has 134 valence electrons. The largest absolute Gasteiger partial charge is 0.342 e. The predicted molar refractivity (Wildman–Crippen MR) is 99.0 cm³/mol. The molecule has 1 amide bonds. The molecule has 2 aromatic rings. The Bertz CT molecular complexity index is 739. The van der Waals surface area contributed by atoms with E-state index in [1.54, 1.807) is 4.68 Å². The van der Waals surface area contributed by atoms with E-state index in [1.165, 1.54) is 31.0 Å². The van der Waals surface area contributed by atoms with E-state index >= 15 is 0 Å². The second-order valence-electron chi connectivity index (χ2n) is 6.75. The number of tetrazole rings is 1. The summed E-state index contributed by atoms with van der Waals surface area (Å²) < 4.78 is 1.72. The Balaban J connectivity index is 1.67. The van der Waals surface area contributed by atoms with Crippen molar-refractivity contribution < 1.29 is 4.79 Å². The molecule has 1 aliphatic carbocycles. The maximum absolute atomic E-state index is 12.5. The van der Waals surface area contributed by atoms with E-state index in [1.807, 2.05) is 25.8 Å². The minimum Gasteiger partial charge on any atom is -0.342 e. The van der Waals surface area contributed by atoms with Gasteiger partial charge in [0.2, 0.25) is 11.1 Å². The molecule has 6 nitrogen and oxygen atoms in total. The highest BCUT2D eigenvalue weighted by atomic mass is 32.2. The molecular weight excluding hydrogens is 334 g/mol. The van der Waals surface area contributed by atoms with Crippen LogP contribution in [0.1, 0.15) is 43.2 Å². The van der Waals surface area contributed by atoms with Crippen molar-refractivity contribution in [1.82, 2.24) is 25.1 Å². The lowest BCUT2D eigenvalue weighted by molar-refractivity contribution is -0.129. The van der Waals surface area contributed by atoms with Crippen LogP contribution in [0.25, 0.3) is 5.69 Å². The zero-order chi connectivity index (χ0) is 17.8. The Hall–Kier alpha value is -1.89. The van der Waals surface area contributed by atoms with Crippen LogP contribution in [0.4, 0.5) is 0 Å². The second-order valence-corrected chi connectivity index (χ2v) is 7.69. The van der Waals surface area contributed by atoms with Gasteiger partial charge in [-0.1, -0.05) is 43.2 Å². The van der Waals surface area contributed by atoms with Gasteiger partial charge >= 0.3 is 0 Å². The molecule has 0 spiro atoms. The maximum atomic E-state index is 12.5. The number of amides is 1. The van der Waals surface area contributed by atoms with E-state index in [9.17, 15) is 4.79 Å². The predicted octanol–water partition coefficient (Wildman–Crippen LogP) is 3.16. The van der Waals surface area contributed by atoms with Gasteiger partial charge in [-0.2, -0.15) is 4.68 Å². The zero-order valence-corrected chi connectivity index (χ0v) is 15.9. The average molecular weight is 359 g/mol. The number of benzene rings is 1. The van der Waals surface area contributed by atoms with Crippen molar-refractivity contribution >= 4 is 17.7 Å². The molecule has 1 aromatic carbocycles. The topological polar surface area (TPSA) is 63.9 Å². The van der Waals surface area contributed by atoms with Gasteiger partial charge < -0.3 is 4.90 Å². The number of rotatable bonds is 5. The summed E-state index contributed by atoms with van der Waals surface area (Å²) in [6.45, 7) is 4.08. The van der Waals surface area contributed by atoms with E-state index in [0.717, 1.165) is 29.7 Å². The summed E-state index contributed by atoms with van der Waals surface area (Å²) in [6.07, 6.45) is 5.97. The Morgan fingerprint density at radius 2 is 2.04 bits per heavy atom. The van der Waals surface area contributed by atoms with Gasteiger partial charge in [0.05, 0.1) is 11.4 Å². The first kappa shape index (κ1) is 17.9. The smallest absolute Gasteiger partial charge is 0.233 e. The van der Waals surface area contributed by atoms with Gasteiger partial charge in [-0.15, -0.1) is 5.10 Å². The maximum Gasteiger partial charge on any atom is 0.233 e. The standard InChI is InChI=1S/C18H25N5OS/c1-13-9-10-14(2)16(11-13)23-18(19-20-21-23)25-12-17(24)22(3)15-7-5-4-6-8-15/h9-11,15H,4-8,12H2,1-3H3. The highest BCUT2D eigenvalue weighted by molar-refractivity contribution is 7.99. The molecule has 0 radical (unpaired) electrons. The molecule has 0 N–H and O–H groups in total. The van der Waals surface area contributed by atoms with E-state index in [2.05, 4.69) is 33.7 Å².